The summed E-state index contributed by atoms with van der Waals surface area (Å²) in [6.45, 7) is 5.44. The molecule has 0 fully saturated rings. The zero-order chi connectivity index (χ0) is 36.9. The van der Waals surface area contributed by atoms with E-state index in [0.29, 0.717) is 0 Å². The van der Waals surface area contributed by atoms with Crippen LogP contribution >= 0.6 is 0 Å². The van der Waals surface area contributed by atoms with E-state index in [-0.39, 0.29) is 80.4 Å². The van der Waals surface area contributed by atoms with Gasteiger partial charge in [-0.15, -0.1) is 0 Å². The van der Waals surface area contributed by atoms with Crippen LogP contribution in [0.4, 0.5) is 0 Å². The molecule has 11 nitrogen and oxygen atoms in total. The number of hydrogen-bond donors (Lipinski definition) is 8. The molecule has 51 heavy (non-hydrogen) atoms. The van der Waals surface area contributed by atoms with E-state index in [1.807, 2.05) is 13.8 Å². The van der Waals surface area contributed by atoms with Gasteiger partial charge in [0.05, 0.1) is 11.1 Å². The second-order valence-electron chi connectivity index (χ2n) is 13.1. The lowest BCUT2D eigenvalue weighted by Crippen LogP contribution is -2.32. The molecule has 1 heterocycles. The Labute approximate surface area is 291 Å². The Morgan fingerprint density at radius 3 is 2.04 bits per heavy atom. The summed E-state index contributed by atoms with van der Waals surface area (Å²) >= 11 is 0. The summed E-state index contributed by atoms with van der Waals surface area (Å²) in [6.07, 6.45) is 3.73. The van der Waals surface area contributed by atoms with Crippen LogP contribution in [0.15, 0.2) is 93.2 Å². The zero-order valence-electron chi connectivity index (χ0n) is 27.9. The third kappa shape index (κ3) is 6.29. The molecule has 1 aliphatic carbocycles. The molecule has 1 aliphatic rings. The molecule has 1 unspecified atom stereocenters. The van der Waals surface area contributed by atoms with Crippen molar-refractivity contribution < 1.29 is 50.1 Å². The summed E-state index contributed by atoms with van der Waals surface area (Å²) in [4.78, 5) is 29.0. The largest absolute Gasteiger partial charge is 0.508 e. The lowest BCUT2D eigenvalue weighted by molar-refractivity contribution is 0.0877. The van der Waals surface area contributed by atoms with Crippen LogP contribution in [0.5, 0.6) is 46.0 Å². The number of benzene rings is 4. The fourth-order valence-corrected chi connectivity index (χ4v) is 7.00. The molecule has 0 amide bonds. The van der Waals surface area contributed by atoms with E-state index in [0.717, 1.165) is 35.4 Å². The van der Waals surface area contributed by atoms with Crippen molar-refractivity contribution >= 4 is 16.8 Å². The molecule has 4 aromatic carbocycles. The molecule has 11 heteroatoms. The van der Waals surface area contributed by atoms with Crippen molar-refractivity contribution in [1.29, 1.82) is 0 Å². The number of hydrogen-bond acceptors (Lipinski definition) is 11. The second kappa shape index (κ2) is 13.2. The minimum Gasteiger partial charge on any atom is -0.508 e. The summed E-state index contributed by atoms with van der Waals surface area (Å²) in [6, 6.07) is 12.2. The van der Waals surface area contributed by atoms with Crippen molar-refractivity contribution in [3.8, 4) is 57.3 Å². The van der Waals surface area contributed by atoms with Crippen LogP contribution < -0.4 is 5.43 Å². The van der Waals surface area contributed by atoms with Crippen LogP contribution in [0.25, 0.3) is 22.3 Å². The average molecular weight is 693 g/mol. The van der Waals surface area contributed by atoms with Crippen LogP contribution in [0.3, 0.4) is 0 Å². The number of rotatable bonds is 7. The van der Waals surface area contributed by atoms with Crippen molar-refractivity contribution in [2.75, 3.05) is 0 Å². The van der Waals surface area contributed by atoms with E-state index in [2.05, 4.69) is 0 Å². The predicted molar refractivity (Wildman–Crippen MR) is 189 cm³/mol. The molecule has 0 saturated carbocycles. The van der Waals surface area contributed by atoms with Crippen LogP contribution in [0, 0.1) is 5.92 Å². The minimum atomic E-state index is -1.21. The highest BCUT2D eigenvalue weighted by Crippen LogP contribution is 2.53. The van der Waals surface area contributed by atoms with Crippen LogP contribution in [0.1, 0.15) is 66.1 Å². The van der Waals surface area contributed by atoms with E-state index in [9.17, 15) is 50.4 Å². The highest BCUT2D eigenvalue weighted by atomic mass is 16.3. The first-order valence-corrected chi connectivity index (χ1v) is 16.1. The molecule has 0 radical (unpaired) electrons. The Hall–Kier alpha value is -6.36. The standard InChI is InChI=1S/C40H36O11/c1-18(2)4-8-26-38(50)36-33(48)17-32(47)35(40(36)51-39(26)25-11-7-22(43)16-31(25)46)28-13-19(3)12-27(23-9-5-20(41)14-29(23)44)34(28)37(49)24-10-6-21(42)15-30(24)45/h4-7,9-11,13-17,27-28,34,41-48H,8,12H2,1-3H3/t27-,28?,34-/m0/s1. The molecule has 0 spiro atoms. The third-order valence-corrected chi connectivity index (χ3v) is 9.32. The van der Waals surface area contributed by atoms with Gasteiger partial charge in [0, 0.05) is 53.1 Å². The van der Waals surface area contributed by atoms with E-state index in [4.69, 9.17) is 4.42 Å². The molecule has 0 bridgehead atoms. The summed E-state index contributed by atoms with van der Waals surface area (Å²) in [5.74, 6) is -6.99. The Kier molecular flexibility index (Phi) is 8.90. The molecule has 0 aliphatic heterocycles. The van der Waals surface area contributed by atoms with Crippen LogP contribution in [-0.4, -0.2) is 46.6 Å². The number of aromatic hydroxyl groups is 8. The number of fused-ring (bicyclic) bond motifs is 1. The first kappa shape index (κ1) is 34.5. The van der Waals surface area contributed by atoms with Crippen molar-refractivity contribution in [2.24, 2.45) is 5.92 Å². The number of phenols is 8. The maximum Gasteiger partial charge on any atom is 0.200 e. The highest BCUT2D eigenvalue weighted by molar-refractivity contribution is 6.02. The predicted octanol–water partition coefficient (Wildman–Crippen LogP) is 7.33. The van der Waals surface area contributed by atoms with E-state index in [1.54, 1.807) is 19.1 Å². The Bertz CT molecular complexity index is 2340. The molecule has 1 aromatic heterocycles. The average Bonchev–Trinajstić information content (AvgIpc) is 3.03. The molecule has 262 valence electrons. The first-order valence-electron chi connectivity index (χ1n) is 16.1. The van der Waals surface area contributed by atoms with Crippen molar-refractivity contribution in [3.63, 3.8) is 0 Å². The van der Waals surface area contributed by atoms with Crippen molar-refractivity contribution in [2.45, 2.75) is 45.4 Å². The summed E-state index contributed by atoms with van der Waals surface area (Å²) in [5.41, 5.74) is 0.810. The van der Waals surface area contributed by atoms with Gasteiger partial charge in [-0.25, -0.2) is 0 Å². The number of carbonyl (C=O) groups excluding carboxylic acids is 1. The molecule has 5 aromatic rings. The lowest BCUT2D eigenvalue weighted by atomic mass is 9.65. The minimum absolute atomic E-state index is 0.0395. The van der Waals surface area contributed by atoms with Gasteiger partial charge in [0.25, 0.3) is 0 Å². The maximum absolute atomic E-state index is 14.6. The number of phenolic OH excluding ortho intramolecular Hbond substituents is 8. The molecule has 3 atom stereocenters. The second-order valence-corrected chi connectivity index (χ2v) is 13.1. The van der Waals surface area contributed by atoms with Crippen LogP contribution in [-0.2, 0) is 6.42 Å². The topological polar surface area (TPSA) is 209 Å². The number of allylic oxidation sites excluding steroid dienone is 4. The maximum atomic E-state index is 14.6. The van der Waals surface area contributed by atoms with Gasteiger partial charge in [-0.2, -0.15) is 0 Å². The molecule has 8 N–H and O–H groups in total. The Morgan fingerprint density at radius 2 is 1.41 bits per heavy atom. The Balaban J connectivity index is 1.70. The fraction of sp³-hybridized carbons (Fsp3) is 0.200. The quantitative estimate of drug-likeness (QED) is 0.0625. The van der Waals surface area contributed by atoms with Crippen LogP contribution in [0.2, 0.25) is 0 Å². The van der Waals surface area contributed by atoms with Crippen molar-refractivity contribution in [1.82, 2.24) is 0 Å². The van der Waals surface area contributed by atoms with Gasteiger partial charge in [0.15, 0.2) is 5.78 Å². The zero-order valence-corrected chi connectivity index (χ0v) is 27.9. The SMILES string of the molecule is CC(C)=CCc1c(-c2ccc(O)cc2O)oc2c(C3C=C(C)C[C@@H](c4ccc(O)cc4O)[C@@H]3C(=O)c3ccc(O)cc3O)c(O)cc(O)c2c1=O. The number of Topliss-reactive ketones (excluding diaryl/α,β-unsaturated/α-hetero) is 1. The summed E-state index contributed by atoms with van der Waals surface area (Å²) < 4.78 is 6.45. The van der Waals surface area contributed by atoms with E-state index >= 15 is 0 Å². The van der Waals surface area contributed by atoms with Crippen molar-refractivity contribution in [3.05, 3.63) is 116 Å². The Morgan fingerprint density at radius 1 is 0.784 bits per heavy atom. The normalized spacial score (nSPS) is 17.2. The first-order chi connectivity index (χ1) is 24.2. The van der Waals surface area contributed by atoms with Gasteiger partial charge in [-0.3, -0.25) is 9.59 Å². The van der Waals surface area contributed by atoms with Gasteiger partial charge in [0.2, 0.25) is 5.43 Å². The smallest absolute Gasteiger partial charge is 0.200 e. The summed E-state index contributed by atoms with van der Waals surface area (Å²) in [7, 11) is 0. The van der Waals surface area contributed by atoms with Gasteiger partial charge < -0.3 is 45.3 Å². The molecule has 0 saturated heterocycles. The molecule has 6 rings (SSSR count). The number of ketones is 1. The molecular formula is C40H36O11. The third-order valence-electron chi connectivity index (χ3n) is 9.32. The van der Waals surface area contributed by atoms with Gasteiger partial charge in [-0.05, 0) is 69.5 Å². The van der Waals surface area contributed by atoms with E-state index < -0.39 is 52.0 Å². The highest BCUT2D eigenvalue weighted by Gasteiger charge is 2.43. The monoisotopic (exact) mass is 692 g/mol. The summed E-state index contributed by atoms with van der Waals surface area (Å²) in [5, 5.41) is 85.2. The van der Waals surface area contributed by atoms with E-state index in [1.165, 1.54) is 36.4 Å². The fourth-order valence-electron chi connectivity index (χ4n) is 7.00. The van der Waals surface area contributed by atoms with Gasteiger partial charge >= 0.3 is 0 Å². The molecular weight excluding hydrogens is 656 g/mol. The van der Waals surface area contributed by atoms with Gasteiger partial charge in [0.1, 0.15) is 62.7 Å². The lowest BCUT2D eigenvalue weighted by Gasteiger charge is -2.37. The number of carbonyl (C=O) groups is 1. The van der Waals surface area contributed by atoms with Gasteiger partial charge in [-0.1, -0.05) is 29.4 Å².